The third kappa shape index (κ3) is 10.3. The zero-order valence-corrected chi connectivity index (χ0v) is 13.9. The molecule has 1 aliphatic rings. The predicted octanol–water partition coefficient (Wildman–Crippen LogP) is 3.40. The van der Waals surface area contributed by atoms with Crippen LogP contribution in [0, 0.1) is 5.92 Å². The van der Waals surface area contributed by atoms with Crippen LogP contribution < -0.4 is 5.32 Å². The van der Waals surface area contributed by atoms with Gasteiger partial charge in [-0.15, -0.1) is 0 Å². The highest BCUT2D eigenvalue weighted by Gasteiger charge is 2.20. The molecule has 1 saturated heterocycles. The fourth-order valence-corrected chi connectivity index (χ4v) is 2.49. The first-order valence-electron chi connectivity index (χ1n) is 8.21. The molecule has 0 spiro atoms. The van der Waals surface area contributed by atoms with Crippen LogP contribution in [0.15, 0.2) is 0 Å². The van der Waals surface area contributed by atoms with Crippen molar-refractivity contribution in [3.8, 4) is 0 Å². The highest BCUT2D eigenvalue weighted by Crippen LogP contribution is 2.13. The van der Waals surface area contributed by atoms with Crippen molar-refractivity contribution >= 4 is 0 Å². The molecule has 3 heteroatoms. The van der Waals surface area contributed by atoms with Crippen LogP contribution >= 0.6 is 0 Å². The second-order valence-electron chi connectivity index (χ2n) is 5.60. The molecule has 0 aromatic rings. The highest BCUT2D eigenvalue weighted by atomic mass is 16.5. The highest BCUT2D eigenvalue weighted by molar-refractivity contribution is 4.72. The van der Waals surface area contributed by atoms with E-state index >= 15 is 0 Å². The second kappa shape index (κ2) is 12.9. The normalized spacial score (nSPS) is 20.2. The molecule has 1 aliphatic heterocycles. The molecule has 1 N–H and O–H groups in total. The zero-order valence-electron chi connectivity index (χ0n) is 13.9. The molecule has 0 radical (unpaired) electrons. The van der Waals surface area contributed by atoms with Gasteiger partial charge in [0.25, 0.3) is 0 Å². The fourth-order valence-electron chi connectivity index (χ4n) is 2.49. The first-order valence-corrected chi connectivity index (χ1v) is 8.21. The molecule has 19 heavy (non-hydrogen) atoms. The summed E-state index contributed by atoms with van der Waals surface area (Å²) >= 11 is 0. The minimum atomic E-state index is 0. The summed E-state index contributed by atoms with van der Waals surface area (Å²) in [6.07, 6.45) is 5.64. The number of nitrogens with one attached hydrogen (secondary N) is 1. The summed E-state index contributed by atoms with van der Waals surface area (Å²) in [5, 5.41) is 3.20. The van der Waals surface area contributed by atoms with Crippen LogP contribution in [-0.4, -0.2) is 50.8 Å². The number of unbranched alkanes of at least 4 members (excludes halogenated alkanes) is 2. The largest absolute Gasteiger partial charge is 0.376 e. The van der Waals surface area contributed by atoms with Crippen LogP contribution in [0.1, 0.15) is 54.8 Å². The predicted molar refractivity (Wildman–Crippen MR) is 86.9 cm³/mol. The molecule has 0 saturated carbocycles. The van der Waals surface area contributed by atoms with E-state index in [0.29, 0.717) is 6.10 Å². The van der Waals surface area contributed by atoms with E-state index in [0.717, 1.165) is 32.2 Å². The van der Waals surface area contributed by atoms with Crippen LogP contribution in [0.3, 0.4) is 0 Å². The first kappa shape index (κ1) is 18.9. The molecule has 1 heterocycles. The summed E-state index contributed by atoms with van der Waals surface area (Å²) in [5.41, 5.74) is 0. The summed E-state index contributed by atoms with van der Waals surface area (Å²) in [5.74, 6) is 0.768. The monoisotopic (exact) mass is 274 g/mol. The number of rotatable bonds is 8. The van der Waals surface area contributed by atoms with Crippen molar-refractivity contribution in [1.82, 2.24) is 10.2 Å². The Balaban J connectivity index is 0. The van der Waals surface area contributed by atoms with Crippen molar-refractivity contribution < 1.29 is 6.16 Å². The van der Waals surface area contributed by atoms with Gasteiger partial charge < -0.3 is 10.1 Å². The van der Waals surface area contributed by atoms with Gasteiger partial charge in [-0.3, -0.25) is 4.90 Å². The van der Waals surface area contributed by atoms with E-state index in [2.05, 4.69) is 24.1 Å². The smallest absolute Gasteiger partial charge is 0.0702 e. The van der Waals surface area contributed by atoms with Gasteiger partial charge in [-0.25, -0.2) is 0 Å². The molecule has 0 aromatic heterocycles. The van der Waals surface area contributed by atoms with Gasteiger partial charge >= 0.3 is 0 Å². The Hall–Kier alpha value is -0.120. The van der Waals surface area contributed by atoms with E-state index in [-0.39, 0.29) is 1.43 Å². The van der Waals surface area contributed by atoms with Crippen LogP contribution in [0.2, 0.25) is 0 Å². The van der Waals surface area contributed by atoms with Gasteiger partial charge in [0.2, 0.25) is 0 Å². The minimum Gasteiger partial charge on any atom is -0.376 e. The topological polar surface area (TPSA) is 24.5 Å². The molecule has 3 nitrogen and oxygen atoms in total. The Morgan fingerprint density at radius 2 is 2.00 bits per heavy atom. The van der Waals surface area contributed by atoms with Gasteiger partial charge in [-0.1, -0.05) is 40.5 Å². The molecule has 0 amide bonds. The lowest BCUT2D eigenvalue weighted by Gasteiger charge is -2.34. The minimum absolute atomic E-state index is 0. The first-order chi connectivity index (χ1) is 9.22. The van der Waals surface area contributed by atoms with E-state index in [1.165, 1.54) is 32.2 Å². The van der Waals surface area contributed by atoms with E-state index in [9.17, 15) is 0 Å². The fraction of sp³-hybridized carbons (Fsp3) is 1.00. The summed E-state index contributed by atoms with van der Waals surface area (Å²) in [4.78, 5) is 2.56. The Morgan fingerprint density at radius 3 is 2.63 bits per heavy atom. The Kier molecular flexibility index (Phi) is 12.8. The van der Waals surface area contributed by atoms with Crippen molar-refractivity contribution in [2.75, 3.05) is 39.8 Å². The quantitative estimate of drug-likeness (QED) is 0.687. The Morgan fingerprint density at radius 1 is 1.26 bits per heavy atom. The van der Waals surface area contributed by atoms with E-state index in [1.807, 2.05) is 20.9 Å². The molecule has 0 unspecified atom stereocenters. The Bertz CT molecular complexity index is 191. The molecule has 1 fully saturated rings. The van der Waals surface area contributed by atoms with Gasteiger partial charge in [0.1, 0.15) is 0 Å². The molecule has 1 atom stereocenters. The van der Waals surface area contributed by atoms with Crippen LogP contribution in [0.4, 0.5) is 0 Å². The van der Waals surface area contributed by atoms with Crippen molar-refractivity contribution in [3.05, 3.63) is 0 Å². The standard InChI is InChI=1S/C14H30N2O.C2H6.H2/c1-13(2)11-16-9-10-17-14(12-16)7-5-4-6-8-15-3;1-2;/h13-15H,4-12H2,1-3H3;1-2H3;1H/t14-;;/m0../s1. The van der Waals surface area contributed by atoms with Gasteiger partial charge in [0.05, 0.1) is 12.7 Å². The van der Waals surface area contributed by atoms with E-state index in [1.54, 1.807) is 0 Å². The lowest BCUT2D eigenvalue weighted by Crippen LogP contribution is -2.43. The maximum absolute atomic E-state index is 5.84. The summed E-state index contributed by atoms with van der Waals surface area (Å²) in [7, 11) is 2.02. The maximum Gasteiger partial charge on any atom is 0.0702 e. The van der Waals surface area contributed by atoms with Crippen molar-refractivity contribution in [3.63, 3.8) is 0 Å². The number of hydrogen-bond acceptors (Lipinski definition) is 3. The van der Waals surface area contributed by atoms with Crippen LogP contribution in [-0.2, 0) is 4.74 Å². The summed E-state index contributed by atoms with van der Waals surface area (Å²) < 4.78 is 5.84. The van der Waals surface area contributed by atoms with E-state index < -0.39 is 0 Å². The lowest BCUT2D eigenvalue weighted by molar-refractivity contribution is -0.0360. The number of hydrogen-bond donors (Lipinski definition) is 1. The van der Waals surface area contributed by atoms with Crippen LogP contribution in [0.25, 0.3) is 0 Å². The average Bonchev–Trinajstić information content (AvgIpc) is 2.40. The zero-order chi connectivity index (χ0) is 14.5. The van der Waals surface area contributed by atoms with Crippen LogP contribution in [0.5, 0.6) is 0 Å². The van der Waals surface area contributed by atoms with Crippen molar-refractivity contribution in [2.45, 2.75) is 59.5 Å². The molecule has 1 rings (SSSR count). The third-order valence-electron chi connectivity index (χ3n) is 3.30. The summed E-state index contributed by atoms with van der Waals surface area (Å²) in [6, 6.07) is 0. The maximum atomic E-state index is 5.84. The molecular formula is C16H38N2O. The van der Waals surface area contributed by atoms with Gasteiger partial charge in [-0.2, -0.15) is 0 Å². The SMILES string of the molecule is CC.CNCCCCC[C@H]1CN(CC(C)C)CCO1.[HH]. The van der Waals surface area contributed by atoms with Gasteiger partial charge in [0, 0.05) is 21.1 Å². The molecule has 0 aliphatic carbocycles. The van der Waals surface area contributed by atoms with Gasteiger partial charge in [0.15, 0.2) is 0 Å². The van der Waals surface area contributed by atoms with Gasteiger partial charge in [-0.05, 0) is 32.4 Å². The lowest BCUT2D eigenvalue weighted by atomic mass is 10.1. The molecule has 0 bridgehead atoms. The summed E-state index contributed by atoms with van der Waals surface area (Å²) in [6.45, 7) is 14.1. The molecule has 0 aromatic carbocycles. The number of morpholine rings is 1. The Labute approximate surface area is 122 Å². The number of ether oxygens (including phenoxy) is 1. The van der Waals surface area contributed by atoms with E-state index in [4.69, 9.17) is 4.74 Å². The second-order valence-corrected chi connectivity index (χ2v) is 5.60. The molecule has 118 valence electrons. The van der Waals surface area contributed by atoms with Crippen molar-refractivity contribution in [2.24, 2.45) is 5.92 Å². The average molecular weight is 274 g/mol. The third-order valence-corrected chi connectivity index (χ3v) is 3.30. The number of nitrogens with zero attached hydrogens (tertiary/aromatic N) is 1. The molecular weight excluding hydrogens is 236 g/mol. The van der Waals surface area contributed by atoms with Crippen molar-refractivity contribution in [1.29, 1.82) is 0 Å².